The lowest BCUT2D eigenvalue weighted by atomic mass is 9.83. The van der Waals surface area contributed by atoms with Gasteiger partial charge >= 0.3 is 5.97 Å². The smallest absolute Gasteiger partial charge is 0.303 e. The Hall–Kier alpha value is -1.16. The molecule has 0 bridgehead atoms. The second-order valence-electron chi connectivity index (χ2n) is 6.27. The maximum absolute atomic E-state index is 12.2. The van der Waals surface area contributed by atoms with Crippen LogP contribution in [0.25, 0.3) is 0 Å². The third-order valence-corrected chi connectivity index (χ3v) is 4.40. The molecule has 0 spiro atoms. The van der Waals surface area contributed by atoms with Gasteiger partial charge in [0, 0.05) is 6.42 Å². The van der Waals surface area contributed by atoms with Gasteiger partial charge in [-0.25, -0.2) is 0 Å². The van der Waals surface area contributed by atoms with Crippen LogP contribution in [-0.2, 0) is 9.59 Å². The van der Waals surface area contributed by atoms with Gasteiger partial charge in [0.25, 0.3) is 0 Å². The molecule has 22 heavy (non-hydrogen) atoms. The van der Waals surface area contributed by atoms with Crippen LogP contribution in [0.2, 0.25) is 0 Å². The number of rotatable bonds is 11. The van der Waals surface area contributed by atoms with Crippen molar-refractivity contribution in [3.8, 4) is 0 Å². The molecule has 1 aliphatic carbocycles. The van der Waals surface area contributed by atoms with E-state index in [1.54, 1.807) is 0 Å². The van der Waals surface area contributed by atoms with E-state index in [0.717, 1.165) is 50.5 Å². The highest BCUT2D eigenvalue weighted by Gasteiger charge is 2.27. The number of allylic oxidation sites excluding steroid dienone is 1. The standard InChI is InChI=1S/C18H30O4/c1-2-3-6-9-14-12-13-16(19)18(22)15(14)10-7-4-5-8-11-17(20)21/h16,19H,2-13H2,1H3,(H,20,21)/t16-/m0/s1. The highest BCUT2D eigenvalue weighted by molar-refractivity contribution is 6.00. The van der Waals surface area contributed by atoms with E-state index in [0.29, 0.717) is 12.8 Å². The van der Waals surface area contributed by atoms with E-state index in [9.17, 15) is 14.7 Å². The molecule has 0 aromatic carbocycles. The normalized spacial score (nSPS) is 18.8. The molecule has 4 nitrogen and oxygen atoms in total. The van der Waals surface area contributed by atoms with Crippen molar-refractivity contribution in [2.75, 3.05) is 0 Å². The molecule has 1 rings (SSSR count). The minimum absolute atomic E-state index is 0.0664. The summed E-state index contributed by atoms with van der Waals surface area (Å²) in [4.78, 5) is 22.6. The topological polar surface area (TPSA) is 74.6 Å². The van der Waals surface area contributed by atoms with E-state index in [-0.39, 0.29) is 12.2 Å². The monoisotopic (exact) mass is 310 g/mol. The summed E-state index contributed by atoms with van der Waals surface area (Å²) in [6, 6.07) is 0. The predicted molar refractivity (Wildman–Crippen MR) is 86.8 cm³/mol. The molecule has 4 heteroatoms. The molecule has 0 aromatic rings. The first-order valence-corrected chi connectivity index (χ1v) is 8.71. The molecular weight excluding hydrogens is 280 g/mol. The Balaban J connectivity index is 2.44. The van der Waals surface area contributed by atoms with Gasteiger partial charge in [-0.2, -0.15) is 0 Å². The molecule has 0 amide bonds. The third kappa shape index (κ3) is 6.73. The number of unbranched alkanes of at least 4 members (excludes halogenated alkanes) is 5. The van der Waals surface area contributed by atoms with Crippen molar-refractivity contribution in [1.29, 1.82) is 0 Å². The molecule has 0 fully saturated rings. The largest absolute Gasteiger partial charge is 0.481 e. The maximum atomic E-state index is 12.2. The first-order chi connectivity index (χ1) is 10.6. The zero-order valence-corrected chi connectivity index (χ0v) is 13.8. The van der Waals surface area contributed by atoms with E-state index in [1.165, 1.54) is 18.4 Å². The predicted octanol–water partition coefficient (Wildman–Crippen LogP) is 4.01. The fourth-order valence-corrected chi connectivity index (χ4v) is 3.06. The highest BCUT2D eigenvalue weighted by Crippen LogP contribution is 2.30. The Kier molecular flexibility index (Phi) is 9.05. The van der Waals surface area contributed by atoms with Crippen molar-refractivity contribution in [2.24, 2.45) is 0 Å². The summed E-state index contributed by atoms with van der Waals surface area (Å²) in [6.07, 6.45) is 9.49. The van der Waals surface area contributed by atoms with E-state index in [4.69, 9.17) is 5.11 Å². The summed E-state index contributed by atoms with van der Waals surface area (Å²) in [7, 11) is 0. The quantitative estimate of drug-likeness (QED) is 0.565. The average molecular weight is 310 g/mol. The van der Waals surface area contributed by atoms with E-state index >= 15 is 0 Å². The summed E-state index contributed by atoms with van der Waals surface area (Å²) in [5, 5.41) is 18.4. The number of carboxylic acids is 1. The van der Waals surface area contributed by atoms with Gasteiger partial charge < -0.3 is 10.2 Å². The average Bonchev–Trinajstić information content (AvgIpc) is 2.48. The summed E-state index contributed by atoms with van der Waals surface area (Å²) < 4.78 is 0. The van der Waals surface area contributed by atoms with E-state index in [1.807, 2.05) is 0 Å². The Morgan fingerprint density at radius 1 is 1.09 bits per heavy atom. The van der Waals surface area contributed by atoms with Crippen molar-refractivity contribution >= 4 is 11.8 Å². The number of ketones is 1. The van der Waals surface area contributed by atoms with Gasteiger partial charge in [0.1, 0.15) is 6.10 Å². The number of aliphatic hydroxyl groups is 1. The Labute approximate surface area is 133 Å². The molecule has 0 radical (unpaired) electrons. The van der Waals surface area contributed by atoms with Gasteiger partial charge in [-0.05, 0) is 50.5 Å². The van der Waals surface area contributed by atoms with Crippen LogP contribution in [0.4, 0.5) is 0 Å². The van der Waals surface area contributed by atoms with Crippen LogP contribution >= 0.6 is 0 Å². The van der Waals surface area contributed by atoms with Crippen LogP contribution in [0.5, 0.6) is 0 Å². The van der Waals surface area contributed by atoms with Crippen LogP contribution in [0.1, 0.15) is 84.0 Å². The first-order valence-electron chi connectivity index (χ1n) is 8.71. The van der Waals surface area contributed by atoms with Crippen molar-refractivity contribution in [2.45, 2.75) is 90.1 Å². The number of carboxylic acid groups (broad SMARTS) is 1. The lowest BCUT2D eigenvalue weighted by Gasteiger charge is -2.23. The molecule has 1 aliphatic rings. The second kappa shape index (κ2) is 10.5. The molecule has 0 saturated heterocycles. The Morgan fingerprint density at radius 2 is 1.77 bits per heavy atom. The maximum Gasteiger partial charge on any atom is 0.303 e. The molecule has 0 saturated carbocycles. The van der Waals surface area contributed by atoms with Gasteiger partial charge in [0.05, 0.1) is 0 Å². The minimum atomic E-state index is -0.808. The number of carbonyl (C=O) groups excluding carboxylic acids is 1. The molecule has 0 aliphatic heterocycles. The fraction of sp³-hybridized carbons (Fsp3) is 0.778. The SMILES string of the molecule is CCCCCC1=C(CCCCCCC(=O)O)C(=O)[C@@H](O)CC1. The van der Waals surface area contributed by atoms with Crippen LogP contribution in [0.15, 0.2) is 11.1 Å². The van der Waals surface area contributed by atoms with Crippen LogP contribution in [0.3, 0.4) is 0 Å². The zero-order chi connectivity index (χ0) is 16.4. The Bertz CT molecular complexity index is 398. The first kappa shape index (κ1) is 18.9. The fourth-order valence-electron chi connectivity index (χ4n) is 3.06. The molecule has 0 heterocycles. The van der Waals surface area contributed by atoms with E-state index < -0.39 is 12.1 Å². The van der Waals surface area contributed by atoms with E-state index in [2.05, 4.69) is 6.92 Å². The van der Waals surface area contributed by atoms with Crippen molar-refractivity contribution in [1.82, 2.24) is 0 Å². The van der Waals surface area contributed by atoms with Gasteiger partial charge in [0.15, 0.2) is 5.78 Å². The molecule has 0 aromatic heterocycles. The molecule has 1 atom stereocenters. The van der Waals surface area contributed by atoms with Crippen LogP contribution < -0.4 is 0 Å². The molecule has 2 N–H and O–H groups in total. The minimum Gasteiger partial charge on any atom is -0.481 e. The van der Waals surface area contributed by atoms with Gasteiger partial charge in [-0.3, -0.25) is 9.59 Å². The van der Waals surface area contributed by atoms with Gasteiger partial charge in [0.2, 0.25) is 0 Å². The van der Waals surface area contributed by atoms with Crippen LogP contribution in [-0.4, -0.2) is 28.1 Å². The summed E-state index contributed by atoms with van der Waals surface area (Å²) in [5.41, 5.74) is 2.13. The summed E-state index contributed by atoms with van der Waals surface area (Å²) >= 11 is 0. The Morgan fingerprint density at radius 3 is 2.45 bits per heavy atom. The van der Waals surface area contributed by atoms with Crippen molar-refractivity contribution in [3.63, 3.8) is 0 Å². The summed E-state index contributed by atoms with van der Waals surface area (Å²) in [5.74, 6) is -0.810. The number of aliphatic hydroxyl groups excluding tert-OH is 1. The highest BCUT2D eigenvalue weighted by atomic mass is 16.4. The second-order valence-corrected chi connectivity index (χ2v) is 6.27. The number of hydrogen-bond donors (Lipinski definition) is 2. The van der Waals surface area contributed by atoms with Crippen LogP contribution in [0, 0.1) is 0 Å². The number of aliphatic carboxylic acids is 1. The van der Waals surface area contributed by atoms with Crippen molar-refractivity contribution < 1.29 is 19.8 Å². The molecular formula is C18H30O4. The number of carbonyl (C=O) groups is 2. The zero-order valence-electron chi connectivity index (χ0n) is 13.8. The molecule has 126 valence electrons. The lowest BCUT2D eigenvalue weighted by Crippen LogP contribution is -2.27. The number of Topliss-reactive ketones (excluding diaryl/α,β-unsaturated/α-hetero) is 1. The van der Waals surface area contributed by atoms with Crippen molar-refractivity contribution in [3.05, 3.63) is 11.1 Å². The van der Waals surface area contributed by atoms with Gasteiger partial charge in [-0.15, -0.1) is 0 Å². The summed E-state index contributed by atoms with van der Waals surface area (Å²) in [6.45, 7) is 2.17. The molecule has 0 unspecified atom stereocenters. The lowest BCUT2D eigenvalue weighted by molar-refractivity contribution is -0.137. The van der Waals surface area contributed by atoms with Gasteiger partial charge in [-0.1, -0.05) is 38.2 Å². The third-order valence-electron chi connectivity index (χ3n) is 4.40. The number of hydrogen-bond acceptors (Lipinski definition) is 3.